The molecule has 2 aliphatic carbocycles. The van der Waals surface area contributed by atoms with Crippen LogP contribution >= 0.6 is 15.9 Å². The number of carbonyl (C=O) groups excluding carboxylic acids is 2. The average Bonchev–Trinajstić information content (AvgIpc) is 3.54. The Balaban J connectivity index is 1.44. The topological polar surface area (TPSA) is 74.2 Å². The van der Waals surface area contributed by atoms with Gasteiger partial charge in [-0.25, -0.2) is 0 Å². The number of aliphatic imine (C=N–C) groups is 1. The first-order valence-corrected chi connectivity index (χ1v) is 13.4. The van der Waals surface area contributed by atoms with Crippen molar-refractivity contribution in [3.8, 4) is 11.5 Å². The Morgan fingerprint density at radius 3 is 2.53 bits per heavy atom. The van der Waals surface area contributed by atoms with E-state index in [0.717, 1.165) is 47.0 Å². The van der Waals surface area contributed by atoms with Gasteiger partial charge in [0.15, 0.2) is 17.3 Å². The Morgan fingerprint density at radius 2 is 1.78 bits per heavy atom. The Kier molecular flexibility index (Phi) is 6.20. The summed E-state index contributed by atoms with van der Waals surface area (Å²) in [7, 11) is 0. The number of hydrogen-bond donors (Lipinski definition) is 0. The second-order valence-electron chi connectivity index (χ2n) is 10.1. The molecule has 3 atom stereocenters. The third-order valence-electron chi connectivity index (χ3n) is 7.83. The lowest BCUT2D eigenvalue weighted by molar-refractivity contribution is -0.151. The largest absolute Gasteiger partial charge is 0.462 e. The van der Waals surface area contributed by atoms with Crippen molar-refractivity contribution < 1.29 is 23.8 Å². The van der Waals surface area contributed by atoms with Crippen LogP contribution in [0.1, 0.15) is 68.4 Å². The van der Waals surface area contributed by atoms with Gasteiger partial charge in [0.2, 0.25) is 6.79 Å². The second-order valence-corrected chi connectivity index (χ2v) is 10.9. The molecule has 2 aromatic carbocycles. The van der Waals surface area contributed by atoms with Crippen molar-refractivity contribution in [2.45, 2.75) is 63.4 Å². The highest BCUT2D eigenvalue weighted by molar-refractivity contribution is 9.10. The predicted octanol–water partition coefficient (Wildman–Crippen LogP) is 6.24. The molecular formula is C29H28BrNO5. The van der Waals surface area contributed by atoms with Crippen molar-refractivity contribution in [1.82, 2.24) is 0 Å². The van der Waals surface area contributed by atoms with E-state index in [1.54, 1.807) is 0 Å². The van der Waals surface area contributed by atoms with Gasteiger partial charge in [0.25, 0.3) is 0 Å². The lowest BCUT2D eigenvalue weighted by Gasteiger charge is -2.37. The normalized spacial score (nSPS) is 25.6. The first kappa shape index (κ1) is 23.5. The summed E-state index contributed by atoms with van der Waals surface area (Å²) in [5.41, 5.74) is 4.04. The van der Waals surface area contributed by atoms with Crippen molar-refractivity contribution in [1.29, 1.82) is 0 Å². The number of Topliss-reactive ketones (excluding diaryl/α,β-unsaturated/α-hetero) is 1. The van der Waals surface area contributed by atoms with Gasteiger partial charge in [-0.1, -0.05) is 46.3 Å². The van der Waals surface area contributed by atoms with Gasteiger partial charge in [-0.05, 0) is 68.2 Å². The van der Waals surface area contributed by atoms with Gasteiger partial charge in [-0.15, -0.1) is 0 Å². The number of hydrogen-bond acceptors (Lipinski definition) is 6. The molecule has 4 aliphatic rings. The van der Waals surface area contributed by atoms with Crippen molar-refractivity contribution >= 4 is 33.4 Å². The van der Waals surface area contributed by atoms with Gasteiger partial charge in [0.05, 0.1) is 0 Å². The third-order valence-corrected chi connectivity index (χ3v) is 8.51. The first-order valence-electron chi connectivity index (χ1n) is 12.7. The molecule has 0 aromatic heterocycles. The first-order chi connectivity index (χ1) is 17.5. The van der Waals surface area contributed by atoms with Gasteiger partial charge in [-0.3, -0.25) is 14.6 Å². The molecule has 0 amide bonds. The fourth-order valence-electron chi connectivity index (χ4n) is 6.08. The molecule has 1 saturated carbocycles. The highest BCUT2D eigenvalue weighted by Crippen LogP contribution is 2.50. The molecule has 186 valence electrons. The monoisotopic (exact) mass is 549 g/mol. The summed E-state index contributed by atoms with van der Waals surface area (Å²) in [5, 5.41) is 0. The van der Waals surface area contributed by atoms with E-state index in [0.29, 0.717) is 35.6 Å². The SMILES string of the molecule is CC1=NC2=C(C(=O)C[C@H](c3ccccc3)C2)[C@H](c2cc3c(cc2Br)OCO3)C1C(=O)OC1CCCC1. The standard InChI is InChI=1S/C29H28BrNO5/c1-16-26(29(33)36-19-9-5-6-10-19)27(20-13-24-25(14-21(20)30)35-15-34-24)28-22(31-16)11-18(12-23(28)32)17-7-3-2-4-8-17/h2-4,7-8,13-14,18-19,26-27H,5-6,9-12,15H2,1H3/t18-,26?,27-/m1/s1. The number of ketones is 1. The van der Waals surface area contributed by atoms with Crippen LogP contribution in [0.15, 0.2) is 63.2 Å². The molecule has 6 rings (SSSR count). The highest BCUT2D eigenvalue weighted by atomic mass is 79.9. The Bertz CT molecular complexity index is 1280. The Labute approximate surface area is 218 Å². The summed E-state index contributed by atoms with van der Waals surface area (Å²) < 4.78 is 18.0. The minimum atomic E-state index is -0.668. The Morgan fingerprint density at radius 1 is 1.06 bits per heavy atom. The zero-order valence-corrected chi connectivity index (χ0v) is 21.8. The fraction of sp³-hybridized carbons (Fsp3) is 0.414. The van der Waals surface area contributed by atoms with Crippen LogP contribution in [0.3, 0.4) is 0 Å². The van der Waals surface area contributed by atoms with E-state index >= 15 is 0 Å². The van der Waals surface area contributed by atoms with E-state index in [4.69, 9.17) is 19.2 Å². The van der Waals surface area contributed by atoms with Crippen molar-refractivity contribution in [2.24, 2.45) is 10.9 Å². The van der Waals surface area contributed by atoms with Crippen molar-refractivity contribution in [2.75, 3.05) is 6.79 Å². The summed E-state index contributed by atoms with van der Waals surface area (Å²) in [6.45, 7) is 2.03. The maximum atomic E-state index is 13.8. The Hall–Kier alpha value is -2.93. The molecule has 0 radical (unpaired) electrons. The molecule has 0 N–H and O–H groups in total. The van der Waals surface area contributed by atoms with Crippen LogP contribution in [0, 0.1) is 5.92 Å². The summed E-state index contributed by atoms with van der Waals surface area (Å²) in [6.07, 6.45) is 4.90. The molecule has 2 aliphatic heterocycles. The van der Waals surface area contributed by atoms with E-state index in [1.165, 1.54) is 0 Å². The molecule has 0 spiro atoms. The van der Waals surface area contributed by atoms with Crippen LogP contribution < -0.4 is 9.47 Å². The zero-order chi connectivity index (χ0) is 24.8. The van der Waals surface area contributed by atoms with Gasteiger partial charge in [-0.2, -0.15) is 0 Å². The van der Waals surface area contributed by atoms with Crippen LogP contribution in [0.4, 0.5) is 0 Å². The zero-order valence-electron chi connectivity index (χ0n) is 20.2. The summed E-state index contributed by atoms with van der Waals surface area (Å²) in [4.78, 5) is 32.4. The number of nitrogens with zero attached hydrogens (tertiary/aromatic N) is 1. The molecule has 0 saturated heterocycles. The van der Waals surface area contributed by atoms with Gasteiger partial charge in [0.1, 0.15) is 12.0 Å². The number of benzene rings is 2. The van der Waals surface area contributed by atoms with E-state index in [1.807, 2.05) is 37.3 Å². The molecule has 1 fully saturated rings. The van der Waals surface area contributed by atoms with Crippen LogP contribution in [0.25, 0.3) is 0 Å². The van der Waals surface area contributed by atoms with Crippen LogP contribution in [0.2, 0.25) is 0 Å². The second kappa shape index (κ2) is 9.51. The van der Waals surface area contributed by atoms with Crippen molar-refractivity contribution in [3.05, 3.63) is 69.3 Å². The van der Waals surface area contributed by atoms with Gasteiger partial charge in [0, 0.05) is 33.8 Å². The molecular weight excluding hydrogens is 522 g/mol. The minimum absolute atomic E-state index is 0.0367. The lowest BCUT2D eigenvalue weighted by atomic mass is 9.69. The maximum absolute atomic E-state index is 13.8. The number of fused-ring (bicyclic) bond motifs is 1. The number of carbonyl (C=O) groups is 2. The molecule has 6 nitrogen and oxygen atoms in total. The van der Waals surface area contributed by atoms with Crippen LogP contribution in [-0.4, -0.2) is 30.4 Å². The number of ether oxygens (including phenoxy) is 3. The quantitative estimate of drug-likeness (QED) is 0.422. The van der Waals surface area contributed by atoms with E-state index in [-0.39, 0.29) is 30.6 Å². The molecule has 1 unspecified atom stereocenters. The molecule has 2 aromatic rings. The van der Waals surface area contributed by atoms with E-state index in [2.05, 4.69) is 28.1 Å². The lowest BCUT2D eigenvalue weighted by Crippen LogP contribution is -2.39. The summed E-state index contributed by atoms with van der Waals surface area (Å²) >= 11 is 3.69. The number of allylic oxidation sites excluding steroid dienone is 2. The third kappa shape index (κ3) is 4.17. The molecule has 7 heteroatoms. The molecule has 0 bridgehead atoms. The number of halogens is 1. The summed E-state index contributed by atoms with van der Waals surface area (Å²) in [5.74, 6) is -0.111. The van der Waals surface area contributed by atoms with E-state index in [9.17, 15) is 9.59 Å². The summed E-state index contributed by atoms with van der Waals surface area (Å²) in [6, 6.07) is 13.9. The average molecular weight is 550 g/mol. The van der Waals surface area contributed by atoms with Crippen LogP contribution in [-0.2, 0) is 14.3 Å². The van der Waals surface area contributed by atoms with Gasteiger partial charge < -0.3 is 14.2 Å². The predicted molar refractivity (Wildman–Crippen MR) is 138 cm³/mol. The van der Waals surface area contributed by atoms with Crippen molar-refractivity contribution in [3.63, 3.8) is 0 Å². The smallest absolute Gasteiger partial charge is 0.315 e. The number of esters is 1. The van der Waals surface area contributed by atoms with E-state index < -0.39 is 11.8 Å². The fourth-order valence-corrected chi connectivity index (χ4v) is 6.65. The van der Waals surface area contributed by atoms with Crippen LogP contribution in [0.5, 0.6) is 11.5 Å². The minimum Gasteiger partial charge on any atom is -0.462 e. The molecule has 36 heavy (non-hydrogen) atoms. The maximum Gasteiger partial charge on any atom is 0.315 e. The molecule has 2 heterocycles. The van der Waals surface area contributed by atoms with Gasteiger partial charge >= 0.3 is 5.97 Å². The number of rotatable bonds is 4. The highest BCUT2D eigenvalue weighted by Gasteiger charge is 2.46.